The van der Waals surface area contributed by atoms with Crippen LogP contribution in [0.3, 0.4) is 0 Å². The highest BCUT2D eigenvalue weighted by molar-refractivity contribution is 5.78. The summed E-state index contributed by atoms with van der Waals surface area (Å²) in [6.07, 6.45) is 3.16. The van der Waals surface area contributed by atoms with Crippen LogP contribution in [0.1, 0.15) is 38.2 Å². The highest BCUT2D eigenvalue weighted by atomic mass is 19.1. The van der Waals surface area contributed by atoms with Crippen molar-refractivity contribution >= 4 is 5.78 Å². The molecule has 0 heterocycles. The number of benzene rings is 1. The average molecular weight is 268 g/mol. The first-order valence-corrected chi connectivity index (χ1v) is 6.54. The van der Waals surface area contributed by atoms with Crippen LogP contribution in [0.5, 0.6) is 11.5 Å². The van der Waals surface area contributed by atoms with Gasteiger partial charge in [0.15, 0.2) is 11.5 Å². The monoisotopic (exact) mass is 268 g/mol. The minimum atomic E-state index is -0.319. The molecule has 0 amide bonds. The maximum atomic E-state index is 13.8. The summed E-state index contributed by atoms with van der Waals surface area (Å²) in [5, 5.41) is 0. The number of hydrogen-bond acceptors (Lipinski definition) is 3. The Labute approximate surface area is 113 Å². The van der Waals surface area contributed by atoms with Crippen LogP contribution >= 0.6 is 0 Å². The average Bonchev–Trinajstić information content (AvgIpc) is 2.40. The number of carbonyl (C=O) groups is 1. The fraction of sp³-hybridized carbons (Fsp3) is 0.533. The van der Waals surface area contributed by atoms with Gasteiger partial charge >= 0.3 is 0 Å². The minimum Gasteiger partial charge on any atom is -0.493 e. The van der Waals surface area contributed by atoms with E-state index in [2.05, 4.69) is 0 Å². The maximum Gasteiger partial charge on any atom is 0.163 e. The largest absolute Gasteiger partial charge is 0.493 e. The molecule has 0 aliphatic heterocycles. The number of carbonyl (C=O) groups excluding carboxylic acids is 1. The van der Waals surface area contributed by atoms with Crippen molar-refractivity contribution in [2.45, 2.75) is 39.0 Å². The van der Waals surface area contributed by atoms with Gasteiger partial charge in [-0.1, -0.05) is 6.92 Å². The molecular formula is C15H21FO3. The Bertz CT molecular complexity index is 430. The van der Waals surface area contributed by atoms with Gasteiger partial charge in [0.2, 0.25) is 0 Å². The van der Waals surface area contributed by atoms with Crippen LogP contribution in [0.25, 0.3) is 0 Å². The van der Waals surface area contributed by atoms with Crippen molar-refractivity contribution in [1.82, 2.24) is 0 Å². The van der Waals surface area contributed by atoms with E-state index in [-0.39, 0.29) is 11.6 Å². The second-order valence-corrected chi connectivity index (χ2v) is 4.44. The lowest BCUT2D eigenvalue weighted by molar-refractivity contribution is -0.119. The van der Waals surface area contributed by atoms with Gasteiger partial charge in [0.05, 0.1) is 14.2 Å². The molecule has 1 rings (SSSR count). The van der Waals surface area contributed by atoms with E-state index >= 15 is 0 Å². The standard InChI is InChI=1S/C15H21FO3/c1-4-6-12(17)8-5-7-11-9-14(18-2)15(19-3)10-13(11)16/h9-10H,4-8H2,1-3H3. The third-order valence-electron chi connectivity index (χ3n) is 2.98. The first kappa shape index (κ1) is 15.5. The van der Waals surface area contributed by atoms with Crippen molar-refractivity contribution in [2.24, 2.45) is 0 Å². The van der Waals surface area contributed by atoms with Gasteiger partial charge in [-0.2, -0.15) is 0 Å². The SMILES string of the molecule is CCCC(=O)CCCc1cc(OC)c(OC)cc1F. The molecule has 1 aromatic rings. The number of rotatable bonds is 8. The van der Waals surface area contributed by atoms with Crippen LogP contribution in [0.4, 0.5) is 4.39 Å². The van der Waals surface area contributed by atoms with Crippen molar-refractivity contribution < 1.29 is 18.7 Å². The lowest BCUT2D eigenvalue weighted by Gasteiger charge is -2.10. The van der Waals surface area contributed by atoms with Gasteiger partial charge in [-0.05, 0) is 30.9 Å². The third kappa shape index (κ3) is 4.54. The van der Waals surface area contributed by atoms with E-state index in [9.17, 15) is 9.18 Å². The van der Waals surface area contributed by atoms with Gasteiger partial charge in [0.1, 0.15) is 11.6 Å². The molecule has 3 nitrogen and oxygen atoms in total. The van der Waals surface area contributed by atoms with E-state index < -0.39 is 0 Å². The van der Waals surface area contributed by atoms with Crippen molar-refractivity contribution in [3.8, 4) is 11.5 Å². The highest BCUT2D eigenvalue weighted by Crippen LogP contribution is 2.30. The zero-order valence-electron chi connectivity index (χ0n) is 11.8. The Hall–Kier alpha value is -1.58. The molecule has 0 spiro atoms. The van der Waals surface area contributed by atoms with Crippen molar-refractivity contribution in [1.29, 1.82) is 0 Å². The lowest BCUT2D eigenvalue weighted by Crippen LogP contribution is -2.00. The molecule has 0 aliphatic carbocycles. The summed E-state index contributed by atoms with van der Waals surface area (Å²) in [5.74, 6) is 0.813. The summed E-state index contributed by atoms with van der Waals surface area (Å²) >= 11 is 0. The van der Waals surface area contributed by atoms with Gasteiger partial charge in [-0.25, -0.2) is 4.39 Å². The summed E-state index contributed by atoms with van der Waals surface area (Å²) in [5.41, 5.74) is 0.557. The fourth-order valence-corrected chi connectivity index (χ4v) is 1.97. The van der Waals surface area contributed by atoms with Crippen LogP contribution in [-0.2, 0) is 11.2 Å². The topological polar surface area (TPSA) is 35.5 Å². The normalized spacial score (nSPS) is 10.3. The minimum absolute atomic E-state index is 0.239. The summed E-state index contributed by atoms with van der Waals surface area (Å²) in [7, 11) is 2.99. The van der Waals surface area contributed by atoms with Crippen molar-refractivity contribution in [3.05, 3.63) is 23.5 Å². The number of ketones is 1. The predicted molar refractivity (Wildman–Crippen MR) is 72.4 cm³/mol. The second kappa shape index (κ2) is 7.77. The Kier molecular flexibility index (Phi) is 6.33. The third-order valence-corrected chi connectivity index (χ3v) is 2.98. The maximum absolute atomic E-state index is 13.8. The first-order valence-electron chi connectivity index (χ1n) is 6.54. The number of hydrogen-bond donors (Lipinski definition) is 0. The molecule has 0 radical (unpaired) electrons. The molecule has 0 unspecified atom stereocenters. The molecule has 0 bridgehead atoms. The first-order chi connectivity index (χ1) is 9.12. The van der Waals surface area contributed by atoms with Gasteiger partial charge in [0, 0.05) is 18.9 Å². The quantitative estimate of drug-likeness (QED) is 0.723. The van der Waals surface area contributed by atoms with Gasteiger partial charge < -0.3 is 9.47 Å². The van der Waals surface area contributed by atoms with E-state index in [4.69, 9.17) is 9.47 Å². The van der Waals surface area contributed by atoms with E-state index in [1.807, 2.05) is 6.92 Å². The predicted octanol–water partition coefficient (Wildman–Crippen LogP) is 3.53. The molecule has 0 aromatic heterocycles. The molecule has 0 aliphatic rings. The zero-order valence-corrected chi connectivity index (χ0v) is 11.8. The number of halogens is 1. The second-order valence-electron chi connectivity index (χ2n) is 4.44. The molecule has 0 N–H and O–H groups in total. The Morgan fingerprint density at radius 2 is 1.79 bits per heavy atom. The van der Waals surface area contributed by atoms with Gasteiger partial charge in [0.25, 0.3) is 0 Å². The molecular weight excluding hydrogens is 247 g/mol. The summed E-state index contributed by atoms with van der Waals surface area (Å²) in [4.78, 5) is 11.4. The number of ether oxygens (including phenoxy) is 2. The molecule has 19 heavy (non-hydrogen) atoms. The summed E-state index contributed by atoms with van der Waals surface area (Å²) < 4.78 is 24.0. The Morgan fingerprint density at radius 3 is 2.37 bits per heavy atom. The molecule has 0 fully saturated rings. The van der Waals surface area contributed by atoms with Crippen LogP contribution in [0.15, 0.2) is 12.1 Å². The number of methoxy groups -OCH3 is 2. The fourth-order valence-electron chi connectivity index (χ4n) is 1.97. The van der Waals surface area contributed by atoms with Crippen LogP contribution < -0.4 is 9.47 Å². The van der Waals surface area contributed by atoms with E-state index in [1.54, 1.807) is 6.07 Å². The van der Waals surface area contributed by atoms with E-state index in [0.29, 0.717) is 42.7 Å². The molecule has 106 valence electrons. The summed E-state index contributed by atoms with van der Waals surface area (Å²) in [6.45, 7) is 1.98. The van der Waals surface area contributed by atoms with Crippen LogP contribution in [-0.4, -0.2) is 20.0 Å². The van der Waals surface area contributed by atoms with E-state index in [0.717, 1.165) is 6.42 Å². The van der Waals surface area contributed by atoms with Crippen molar-refractivity contribution in [2.75, 3.05) is 14.2 Å². The Morgan fingerprint density at radius 1 is 1.16 bits per heavy atom. The van der Waals surface area contributed by atoms with Crippen LogP contribution in [0.2, 0.25) is 0 Å². The molecule has 1 aromatic carbocycles. The molecule has 0 atom stereocenters. The molecule has 4 heteroatoms. The number of aryl methyl sites for hydroxylation is 1. The van der Waals surface area contributed by atoms with Crippen LogP contribution in [0, 0.1) is 5.82 Å². The summed E-state index contributed by atoms with van der Waals surface area (Å²) in [6, 6.07) is 2.96. The molecule has 0 saturated carbocycles. The zero-order chi connectivity index (χ0) is 14.3. The van der Waals surface area contributed by atoms with Crippen molar-refractivity contribution in [3.63, 3.8) is 0 Å². The highest BCUT2D eigenvalue weighted by Gasteiger charge is 2.11. The van der Waals surface area contributed by atoms with Gasteiger partial charge in [-0.15, -0.1) is 0 Å². The lowest BCUT2D eigenvalue weighted by atomic mass is 10.0. The number of Topliss-reactive ketones (excluding diaryl/α,β-unsaturated/α-hetero) is 1. The van der Waals surface area contributed by atoms with Gasteiger partial charge in [-0.3, -0.25) is 4.79 Å². The molecule has 0 saturated heterocycles. The smallest absolute Gasteiger partial charge is 0.163 e. The van der Waals surface area contributed by atoms with E-state index in [1.165, 1.54) is 20.3 Å². The Balaban J connectivity index is 2.65.